The van der Waals surface area contributed by atoms with Gasteiger partial charge in [-0.1, -0.05) is 15.9 Å². The third-order valence-electron chi connectivity index (χ3n) is 2.72. The van der Waals surface area contributed by atoms with Crippen LogP contribution in [0.15, 0.2) is 28.7 Å². The minimum Gasteiger partial charge on any atom is -0.383 e. The van der Waals surface area contributed by atoms with Gasteiger partial charge in [0.25, 0.3) is 0 Å². The Morgan fingerprint density at radius 3 is 2.79 bits per heavy atom. The van der Waals surface area contributed by atoms with Gasteiger partial charge in [0.1, 0.15) is 16.5 Å². The number of rotatable bonds is 1. The molecule has 0 spiro atoms. The summed E-state index contributed by atoms with van der Waals surface area (Å²) in [4.78, 5) is 10.5. The maximum Gasteiger partial charge on any atom is 0.166 e. The molecule has 0 aliphatic rings. The molecule has 3 nitrogen and oxygen atoms in total. The molecule has 0 radical (unpaired) electrons. The minimum atomic E-state index is -0.374. The lowest BCUT2D eigenvalue weighted by atomic mass is 10.2. The first-order valence-corrected chi connectivity index (χ1v) is 7.14. The van der Waals surface area contributed by atoms with E-state index in [1.165, 1.54) is 17.4 Å². The van der Waals surface area contributed by atoms with Crippen molar-refractivity contribution in [1.82, 2.24) is 9.97 Å². The number of thiophene rings is 1. The predicted molar refractivity (Wildman–Crippen MR) is 79.7 cm³/mol. The lowest BCUT2D eigenvalue weighted by Crippen LogP contribution is -1.97. The van der Waals surface area contributed by atoms with Gasteiger partial charge in [-0.25, -0.2) is 14.4 Å². The van der Waals surface area contributed by atoms with Gasteiger partial charge in [-0.05, 0) is 31.2 Å². The molecule has 0 aliphatic heterocycles. The predicted octanol–water partition coefficient (Wildman–Crippen LogP) is 4.15. The summed E-state index contributed by atoms with van der Waals surface area (Å²) in [5, 5.41) is 0.823. The van der Waals surface area contributed by atoms with E-state index in [0.717, 1.165) is 15.1 Å². The molecule has 19 heavy (non-hydrogen) atoms. The third-order valence-corrected chi connectivity index (χ3v) is 4.16. The Hall–Kier alpha value is -1.53. The van der Waals surface area contributed by atoms with E-state index < -0.39 is 0 Å². The van der Waals surface area contributed by atoms with E-state index in [4.69, 9.17) is 5.73 Å². The first-order chi connectivity index (χ1) is 9.04. The van der Waals surface area contributed by atoms with Crippen molar-refractivity contribution in [3.63, 3.8) is 0 Å². The summed E-state index contributed by atoms with van der Waals surface area (Å²) in [5.41, 5.74) is 6.26. The van der Waals surface area contributed by atoms with E-state index in [-0.39, 0.29) is 5.82 Å². The van der Waals surface area contributed by atoms with Crippen molar-refractivity contribution in [2.45, 2.75) is 6.92 Å². The monoisotopic (exact) mass is 337 g/mol. The standard InChI is InChI=1S/C13H9BrFN3S/c1-6-4-9-11(16)17-12(18-13(9)19-6)8-3-2-7(14)5-10(8)15/h2-5H,1H3,(H2,16,17,18). The number of nitrogen functional groups attached to an aromatic ring is 1. The molecule has 0 atom stereocenters. The van der Waals surface area contributed by atoms with Gasteiger partial charge in [0.15, 0.2) is 5.82 Å². The molecule has 3 rings (SSSR count). The van der Waals surface area contributed by atoms with Gasteiger partial charge in [0.05, 0.1) is 10.9 Å². The number of benzene rings is 1. The molecule has 2 N–H and O–H groups in total. The van der Waals surface area contributed by atoms with Crippen molar-refractivity contribution >= 4 is 43.3 Å². The van der Waals surface area contributed by atoms with Crippen LogP contribution in [0.25, 0.3) is 21.6 Å². The average Bonchev–Trinajstić information content (AvgIpc) is 2.70. The van der Waals surface area contributed by atoms with Gasteiger partial charge in [0, 0.05) is 9.35 Å². The molecule has 0 amide bonds. The van der Waals surface area contributed by atoms with Crippen LogP contribution in [0.2, 0.25) is 0 Å². The van der Waals surface area contributed by atoms with Crippen molar-refractivity contribution in [2.75, 3.05) is 5.73 Å². The lowest BCUT2D eigenvalue weighted by Gasteiger charge is -2.04. The summed E-state index contributed by atoms with van der Waals surface area (Å²) in [6, 6.07) is 6.72. The van der Waals surface area contributed by atoms with Crippen LogP contribution in [0.4, 0.5) is 10.2 Å². The number of nitrogens with two attached hydrogens (primary N) is 1. The highest BCUT2D eigenvalue weighted by Crippen LogP contribution is 2.30. The number of nitrogens with zero attached hydrogens (tertiary/aromatic N) is 2. The zero-order valence-electron chi connectivity index (χ0n) is 9.95. The quantitative estimate of drug-likeness (QED) is 0.725. The zero-order valence-corrected chi connectivity index (χ0v) is 12.3. The Balaban J connectivity index is 2.25. The molecule has 1 aromatic carbocycles. The normalized spacial score (nSPS) is 11.1. The SMILES string of the molecule is Cc1cc2c(N)nc(-c3ccc(Br)cc3F)nc2s1. The molecule has 2 aromatic heterocycles. The minimum absolute atomic E-state index is 0.317. The molecule has 0 saturated heterocycles. The Bertz CT molecular complexity index is 785. The Morgan fingerprint density at radius 1 is 1.26 bits per heavy atom. The van der Waals surface area contributed by atoms with Crippen LogP contribution in [-0.4, -0.2) is 9.97 Å². The van der Waals surface area contributed by atoms with Crippen LogP contribution < -0.4 is 5.73 Å². The van der Waals surface area contributed by atoms with Gasteiger partial charge in [-0.15, -0.1) is 11.3 Å². The second-order valence-corrected chi connectivity index (χ2v) is 6.28. The molecule has 6 heteroatoms. The summed E-state index contributed by atoms with van der Waals surface area (Å²) in [7, 11) is 0. The van der Waals surface area contributed by atoms with Crippen molar-refractivity contribution in [3.05, 3.63) is 39.4 Å². The summed E-state index contributed by atoms with van der Waals surface area (Å²) in [6.07, 6.45) is 0. The van der Waals surface area contributed by atoms with Crippen LogP contribution in [0.1, 0.15) is 4.88 Å². The Kier molecular flexibility index (Phi) is 2.99. The fourth-order valence-electron chi connectivity index (χ4n) is 1.86. The largest absolute Gasteiger partial charge is 0.383 e. The van der Waals surface area contributed by atoms with E-state index in [0.29, 0.717) is 21.7 Å². The summed E-state index contributed by atoms with van der Waals surface area (Å²) < 4.78 is 14.6. The molecule has 0 unspecified atom stereocenters. The number of fused-ring (bicyclic) bond motifs is 1. The van der Waals surface area contributed by atoms with Gasteiger partial charge >= 0.3 is 0 Å². The van der Waals surface area contributed by atoms with Gasteiger partial charge < -0.3 is 5.73 Å². The second-order valence-electron chi connectivity index (χ2n) is 4.13. The van der Waals surface area contributed by atoms with Crippen LogP contribution in [0.3, 0.4) is 0 Å². The number of halogens is 2. The van der Waals surface area contributed by atoms with Crippen molar-refractivity contribution in [1.29, 1.82) is 0 Å². The van der Waals surface area contributed by atoms with Crippen LogP contribution in [-0.2, 0) is 0 Å². The number of hydrogen-bond acceptors (Lipinski definition) is 4. The van der Waals surface area contributed by atoms with E-state index in [1.54, 1.807) is 12.1 Å². The first-order valence-electron chi connectivity index (χ1n) is 5.53. The van der Waals surface area contributed by atoms with E-state index >= 15 is 0 Å². The molecule has 0 saturated carbocycles. The Morgan fingerprint density at radius 2 is 2.05 bits per heavy atom. The molecule has 3 aromatic rings. The lowest BCUT2D eigenvalue weighted by molar-refractivity contribution is 0.629. The number of hydrogen-bond donors (Lipinski definition) is 1. The van der Waals surface area contributed by atoms with Crippen LogP contribution >= 0.6 is 27.3 Å². The highest BCUT2D eigenvalue weighted by Gasteiger charge is 2.13. The summed E-state index contributed by atoms with van der Waals surface area (Å²) in [6.45, 7) is 1.98. The molecular weight excluding hydrogens is 329 g/mol. The van der Waals surface area contributed by atoms with Gasteiger partial charge in [-0.3, -0.25) is 0 Å². The zero-order chi connectivity index (χ0) is 13.6. The van der Waals surface area contributed by atoms with E-state index in [1.807, 2.05) is 13.0 Å². The van der Waals surface area contributed by atoms with Gasteiger partial charge in [0.2, 0.25) is 0 Å². The molecule has 0 fully saturated rings. The number of anilines is 1. The molecular formula is C13H9BrFN3S. The summed E-state index contributed by atoms with van der Waals surface area (Å²) >= 11 is 4.74. The molecule has 0 aliphatic carbocycles. The van der Waals surface area contributed by atoms with Crippen molar-refractivity contribution in [2.24, 2.45) is 0 Å². The highest BCUT2D eigenvalue weighted by molar-refractivity contribution is 9.10. The van der Waals surface area contributed by atoms with Crippen LogP contribution in [0.5, 0.6) is 0 Å². The van der Waals surface area contributed by atoms with E-state index in [2.05, 4.69) is 25.9 Å². The molecule has 96 valence electrons. The Labute approximate surface area is 121 Å². The second kappa shape index (κ2) is 4.54. The smallest absolute Gasteiger partial charge is 0.166 e. The highest BCUT2D eigenvalue weighted by atomic mass is 79.9. The average molecular weight is 338 g/mol. The maximum absolute atomic E-state index is 13.9. The van der Waals surface area contributed by atoms with Gasteiger partial charge in [-0.2, -0.15) is 0 Å². The molecule has 2 heterocycles. The van der Waals surface area contributed by atoms with E-state index in [9.17, 15) is 4.39 Å². The fourth-order valence-corrected chi connectivity index (χ4v) is 3.08. The number of aryl methyl sites for hydroxylation is 1. The number of aromatic nitrogens is 2. The maximum atomic E-state index is 13.9. The topological polar surface area (TPSA) is 51.8 Å². The third kappa shape index (κ3) is 2.21. The first kappa shape index (κ1) is 12.5. The van der Waals surface area contributed by atoms with Crippen molar-refractivity contribution < 1.29 is 4.39 Å². The molecule has 0 bridgehead atoms. The van der Waals surface area contributed by atoms with Crippen molar-refractivity contribution in [3.8, 4) is 11.4 Å². The van der Waals surface area contributed by atoms with Crippen LogP contribution in [0, 0.1) is 12.7 Å². The summed E-state index contributed by atoms with van der Waals surface area (Å²) in [5.74, 6) is 0.324. The fraction of sp³-hybridized carbons (Fsp3) is 0.0769.